The first-order chi connectivity index (χ1) is 28.9. The van der Waals surface area contributed by atoms with Gasteiger partial charge in [-0.15, -0.1) is 0 Å². The van der Waals surface area contributed by atoms with Crippen molar-refractivity contribution in [1.82, 2.24) is 20.0 Å². The Labute approximate surface area is 360 Å². The summed E-state index contributed by atoms with van der Waals surface area (Å²) in [6, 6.07) is 28.9. The number of likely N-dealkylation sites (tertiary alicyclic amines) is 1. The van der Waals surface area contributed by atoms with E-state index >= 15 is 0 Å². The Morgan fingerprint density at radius 1 is 0.750 bits per heavy atom. The number of piperidine rings is 1. The van der Waals surface area contributed by atoms with Crippen molar-refractivity contribution in [2.45, 2.75) is 79.7 Å². The molecule has 5 N–H and O–H groups in total. The first-order valence-electron chi connectivity index (χ1n) is 21.6. The van der Waals surface area contributed by atoms with Crippen LogP contribution in [0.15, 0.2) is 91.0 Å². The fraction of sp³-hybridized carbons (Fsp3) is 0.449. The summed E-state index contributed by atoms with van der Waals surface area (Å²) in [6.07, 6.45) is 6.02. The van der Waals surface area contributed by atoms with Gasteiger partial charge in [0, 0.05) is 47.3 Å². The number of carbonyl (C=O) groups excluding carboxylic acids is 3. The second-order valence-corrected chi connectivity index (χ2v) is 15.2. The summed E-state index contributed by atoms with van der Waals surface area (Å²) in [6.45, 7) is 19.4. The monoisotopic (exact) mass is 822 g/mol. The Hall–Kier alpha value is -5.23. The van der Waals surface area contributed by atoms with E-state index in [1.165, 1.54) is 31.4 Å². The molecule has 1 unspecified atom stereocenters. The molecule has 326 valence electrons. The number of nitrogens with two attached hydrogens (primary N) is 1. The largest absolute Gasteiger partial charge is 0.497 e. The number of likely N-dealkylation sites (N-methyl/N-ethyl adjacent to an activating group) is 2. The van der Waals surface area contributed by atoms with Gasteiger partial charge in [-0.2, -0.15) is 0 Å². The highest BCUT2D eigenvalue weighted by Crippen LogP contribution is 2.24. The minimum atomic E-state index is -0.0881. The Morgan fingerprint density at radius 2 is 1.35 bits per heavy atom. The van der Waals surface area contributed by atoms with Gasteiger partial charge in [-0.1, -0.05) is 70.5 Å². The number of hydrogen-bond donors (Lipinski definition) is 4. The van der Waals surface area contributed by atoms with E-state index in [0.29, 0.717) is 35.9 Å². The summed E-state index contributed by atoms with van der Waals surface area (Å²) >= 11 is 0. The predicted octanol–water partition coefficient (Wildman–Crippen LogP) is 8.29. The van der Waals surface area contributed by atoms with Gasteiger partial charge in [0.15, 0.2) is 0 Å². The van der Waals surface area contributed by atoms with E-state index in [1.54, 1.807) is 55.6 Å². The van der Waals surface area contributed by atoms with Crippen LogP contribution >= 0.6 is 0 Å². The van der Waals surface area contributed by atoms with Crippen molar-refractivity contribution >= 4 is 34.8 Å². The zero-order valence-corrected chi connectivity index (χ0v) is 37.5. The topological polar surface area (TPSA) is 132 Å². The smallest absolute Gasteiger partial charge is 0.255 e. The number of rotatable bonds is 17. The van der Waals surface area contributed by atoms with Crippen LogP contribution in [0.25, 0.3) is 0 Å². The van der Waals surface area contributed by atoms with Crippen LogP contribution in [0.3, 0.4) is 0 Å². The van der Waals surface area contributed by atoms with E-state index in [9.17, 15) is 14.4 Å². The van der Waals surface area contributed by atoms with Crippen LogP contribution < -0.4 is 26.4 Å². The number of carbonyl (C=O) groups is 3. The number of ether oxygens (including phenoxy) is 1. The Kier molecular flexibility index (Phi) is 21.9. The fourth-order valence-corrected chi connectivity index (χ4v) is 7.07. The van der Waals surface area contributed by atoms with Gasteiger partial charge in [-0.3, -0.25) is 19.3 Å². The average Bonchev–Trinajstić information content (AvgIpc) is 3.26. The van der Waals surface area contributed by atoms with Gasteiger partial charge >= 0.3 is 0 Å². The van der Waals surface area contributed by atoms with E-state index in [-0.39, 0.29) is 17.7 Å². The van der Waals surface area contributed by atoms with Crippen LogP contribution in [0.5, 0.6) is 5.75 Å². The molecule has 5 rings (SSSR count). The first-order valence-corrected chi connectivity index (χ1v) is 21.6. The lowest BCUT2D eigenvalue weighted by atomic mass is 9.96. The van der Waals surface area contributed by atoms with E-state index in [0.717, 1.165) is 73.8 Å². The number of hydrogen-bond acceptors (Lipinski definition) is 8. The maximum atomic E-state index is 12.6. The summed E-state index contributed by atoms with van der Waals surface area (Å²) < 4.78 is 5.15. The molecular weight excluding hydrogens is 751 g/mol. The summed E-state index contributed by atoms with van der Waals surface area (Å²) in [7, 11) is 3.84. The van der Waals surface area contributed by atoms with E-state index in [2.05, 4.69) is 71.5 Å². The number of nitrogen functional groups attached to an aromatic ring is 1. The van der Waals surface area contributed by atoms with Crippen LogP contribution in [-0.4, -0.2) is 105 Å². The van der Waals surface area contributed by atoms with Crippen molar-refractivity contribution in [3.8, 4) is 5.75 Å². The van der Waals surface area contributed by atoms with Crippen molar-refractivity contribution in [2.75, 3.05) is 82.9 Å². The van der Waals surface area contributed by atoms with Gasteiger partial charge in [0.1, 0.15) is 5.75 Å². The van der Waals surface area contributed by atoms with Gasteiger partial charge in [0.2, 0.25) is 5.91 Å². The highest BCUT2D eigenvalue weighted by molar-refractivity contribution is 6.04. The lowest BCUT2D eigenvalue weighted by Crippen LogP contribution is -2.36. The van der Waals surface area contributed by atoms with Gasteiger partial charge in [-0.05, 0) is 151 Å². The third-order valence-electron chi connectivity index (χ3n) is 11.1. The van der Waals surface area contributed by atoms with Crippen LogP contribution in [0, 0.1) is 13.8 Å². The molecule has 11 heteroatoms. The van der Waals surface area contributed by atoms with Crippen molar-refractivity contribution in [3.05, 3.63) is 119 Å². The summed E-state index contributed by atoms with van der Waals surface area (Å²) in [4.78, 5) is 43.0. The molecule has 0 saturated carbocycles. The first kappa shape index (κ1) is 49.1. The Morgan fingerprint density at radius 3 is 1.95 bits per heavy atom. The zero-order valence-electron chi connectivity index (χ0n) is 37.5. The second-order valence-electron chi connectivity index (χ2n) is 15.2. The quantitative estimate of drug-likeness (QED) is 0.0783. The maximum Gasteiger partial charge on any atom is 0.255 e. The molecule has 3 amide bonds. The average molecular weight is 822 g/mol. The van der Waals surface area contributed by atoms with Crippen molar-refractivity contribution in [3.63, 3.8) is 0 Å². The summed E-state index contributed by atoms with van der Waals surface area (Å²) in [5.41, 5.74) is 12.8. The normalized spacial score (nSPS) is 13.7. The highest BCUT2D eigenvalue weighted by atomic mass is 16.5. The van der Waals surface area contributed by atoms with Gasteiger partial charge in [0.25, 0.3) is 11.8 Å². The molecule has 1 heterocycles. The number of nitrogens with one attached hydrogen (secondary N) is 3. The minimum Gasteiger partial charge on any atom is -0.497 e. The van der Waals surface area contributed by atoms with Gasteiger partial charge in [-0.25, -0.2) is 0 Å². The molecule has 1 aliphatic heterocycles. The molecule has 1 aliphatic rings. The molecule has 11 nitrogen and oxygen atoms in total. The van der Waals surface area contributed by atoms with E-state index in [4.69, 9.17) is 10.5 Å². The number of benzene rings is 4. The molecule has 4 aromatic carbocycles. The summed E-state index contributed by atoms with van der Waals surface area (Å²) in [5.74, 6) is 0.677. The van der Waals surface area contributed by atoms with E-state index < -0.39 is 0 Å². The Balaban J connectivity index is 0.000000250. The maximum absolute atomic E-state index is 12.6. The third-order valence-corrected chi connectivity index (χ3v) is 11.1. The number of methoxy groups -OCH3 is 1. The minimum absolute atomic E-state index is 0.0443. The lowest BCUT2D eigenvalue weighted by molar-refractivity contribution is -0.117. The number of para-hydroxylation sites is 2. The van der Waals surface area contributed by atoms with Gasteiger partial charge in [0.05, 0.1) is 13.7 Å². The Bertz CT molecular complexity index is 1860. The molecule has 0 bridgehead atoms. The lowest BCUT2D eigenvalue weighted by Gasteiger charge is -2.32. The molecule has 4 aromatic rings. The standard InChI is InChI=1S/C22H28N2O2.C14H22N2O.C13H21N3O/c1-24-16-6-5-8-19(24)13-10-17-7-3-4-9-21(17)23-22(25)18-11-14-20(26-2)15-12-18;1-5-16(6-2)10-13(17)15-14-11(3)8-7-9-12(14)4;1-3-16(4-2)10-9-15-13(17)11-5-7-12(14)8-6-11/h3-4,7,9,11-12,14-15,19H,5-6,8,10,13,16H2,1-2H3,(H,23,25);7-9H,5-6,10H2,1-4H3,(H,15,17);5-8H,3-4,9-10,14H2,1-2H3,(H,15,17). The van der Waals surface area contributed by atoms with Crippen LogP contribution in [0.4, 0.5) is 17.1 Å². The number of anilines is 3. The predicted molar refractivity (Wildman–Crippen MR) is 249 cm³/mol. The van der Waals surface area contributed by atoms with Crippen molar-refractivity contribution in [1.29, 1.82) is 0 Å². The third kappa shape index (κ3) is 16.8. The molecule has 1 saturated heterocycles. The van der Waals surface area contributed by atoms with Crippen LogP contribution in [-0.2, 0) is 11.2 Å². The molecule has 0 spiro atoms. The van der Waals surface area contributed by atoms with Crippen molar-refractivity contribution < 1.29 is 19.1 Å². The zero-order chi connectivity index (χ0) is 43.9. The van der Waals surface area contributed by atoms with E-state index in [1.807, 2.05) is 50.2 Å². The highest BCUT2D eigenvalue weighted by Gasteiger charge is 2.19. The number of amides is 3. The molecule has 1 atom stereocenters. The molecule has 0 aromatic heterocycles. The van der Waals surface area contributed by atoms with Crippen molar-refractivity contribution in [2.24, 2.45) is 0 Å². The summed E-state index contributed by atoms with van der Waals surface area (Å²) in [5, 5.41) is 8.96. The molecule has 0 aliphatic carbocycles. The van der Waals surface area contributed by atoms with Crippen LogP contribution in [0.2, 0.25) is 0 Å². The fourth-order valence-electron chi connectivity index (χ4n) is 7.07. The van der Waals surface area contributed by atoms with Crippen LogP contribution in [0.1, 0.15) is 90.8 Å². The second kappa shape index (κ2) is 26.8. The molecular formula is C49H71N7O4. The SMILES string of the molecule is CCN(CC)CC(=O)Nc1c(C)cccc1C.CCN(CC)CCNC(=O)c1ccc(N)cc1.COc1ccc(C(=O)Nc2ccccc2CCC2CCCCN2C)cc1. The molecule has 1 fully saturated rings. The number of nitrogens with zero attached hydrogens (tertiary/aromatic N) is 3. The molecule has 60 heavy (non-hydrogen) atoms. The van der Waals surface area contributed by atoms with Gasteiger partial charge < -0.3 is 36.2 Å². The molecule has 0 radical (unpaired) electrons. The number of aryl methyl sites for hydroxylation is 3.